The highest BCUT2D eigenvalue weighted by atomic mass is 19.1. The highest BCUT2D eigenvalue weighted by Gasteiger charge is 2.24. The van der Waals surface area contributed by atoms with E-state index in [1.54, 1.807) is 6.07 Å². The van der Waals surface area contributed by atoms with Gasteiger partial charge >= 0.3 is 0 Å². The van der Waals surface area contributed by atoms with Crippen molar-refractivity contribution in [1.82, 2.24) is 5.32 Å². The lowest BCUT2D eigenvalue weighted by molar-refractivity contribution is 0.431. The number of hydrogen-bond donors (Lipinski definition) is 2. The lowest BCUT2D eigenvalue weighted by Crippen LogP contribution is -2.44. The van der Waals surface area contributed by atoms with Crippen molar-refractivity contribution in [2.45, 2.75) is 44.2 Å². The number of nitrogens with one attached hydrogen (secondary N) is 2. The fourth-order valence-corrected chi connectivity index (χ4v) is 3.04. The average molecular weight is 234 g/mol. The normalized spacial score (nSPS) is 24.4. The topological polar surface area (TPSA) is 24.1 Å². The fourth-order valence-electron chi connectivity index (χ4n) is 3.04. The molecule has 0 bridgehead atoms. The van der Waals surface area contributed by atoms with Gasteiger partial charge in [-0.15, -0.1) is 0 Å². The van der Waals surface area contributed by atoms with Crippen molar-refractivity contribution in [3.05, 3.63) is 29.6 Å². The molecule has 1 atom stereocenters. The minimum absolute atomic E-state index is 0.123. The van der Waals surface area contributed by atoms with Crippen molar-refractivity contribution in [2.75, 3.05) is 11.9 Å². The van der Waals surface area contributed by atoms with Gasteiger partial charge < -0.3 is 10.6 Å². The number of fused-ring (bicyclic) bond motifs is 1. The number of para-hydroxylation sites is 1. The monoisotopic (exact) mass is 234 g/mol. The first-order chi connectivity index (χ1) is 8.33. The molecule has 1 unspecified atom stereocenters. The van der Waals surface area contributed by atoms with Crippen LogP contribution >= 0.6 is 0 Å². The molecule has 3 rings (SSSR count). The SMILES string of the molecule is Fc1cccc2c1NCC(NC1CCCC1)C2. The third kappa shape index (κ3) is 2.29. The van der Waals surface area contributed by atoms with Crippen LogP contribution in [0, 0.1) is 5.82 Å². The van der Waals surface area contributed by atoms with Crippen LogP contribution in [0.4, 0.5) is 10.1 Å². The molecule has 0 aromatic heterocycles. The maximum absolute atomic E-state index is 13.5. The van der Waals surface area contributed by atoms with Crippen molar-refractivity contribution in [1.29, 1.82) is 0 Å². The summed E-state index contributed by atoms with van der Waals surface area (Å²) in [4.78, 5) is 0. The minimum Gasteiger partial charge on any atom is -0.381 e. The van der Waals surface area contributed by atoms with Gasteiger partial charge in [0, 0.05) is 18.6 Å². The van der Waals surface area contributed by atoms with Crippen LogP contribution in [0.3, 0.4) is 0 Å². The summed E-state index contributed by atoms with van der Waals surface area (Å²) in [7, 11) is 0. The predicted octanol–water partition coefficient (Wildman–Crippen LogP) is 2.69. The zero-order valence-electron chi connectivity index (χ0n) is 10.0. The molecule has 1 fully saturated rings. The van der Waals surface area contributed by atoms with Gasteiger partial charge in [-0.3, -0.25) is 0 Å². The first kappa shape index (κ1) is 11.0. The molecule has 17 heavy (non-hydrogen) atoms. The van der Waals surface area contributed by atoms with Crippen LogP contribution in [0.15, 0.2) is 18.2 Å². The Kier molecular flexibility index (Phi) is 3.02. The van der Waals surface area contributed by atoms with E-state index in [0.29, 0.717) is 17.8 Å². The molecule has 0 amide bonds. The molecule has 2 N–H and O–H groups in total. The van der Waals surface area contributed by atoms with Crippen molar-refractivity contribution in [3.63, 3.8) is 0 Å². The maximum Gasteiger partial charge on any atom is 0.146 e. The molecule has 1 aromatic carbocycles. The Balaban J connectivity index is 1.68. The van der Waals surface area contributed by atoms with E-state index in [2.05, 4.69) is 10.6 Å². The lowest BCUT2D eigenvalue weighted by atomic mass is 9.98. The van der Waals surface area contributed by atoms with Crippen LogP contribution in [0.5, 0.6) is 0 Å². The zero-order chi connectivity index (χ0) is 11.7. The summed E-state index contributed by atoms with van der Waals surface area (Å²) in [5, 5.41) is 6.91. The smallest absolute Gasteiger partial charge is 0.146 e. The molecule has 1 saturated carbocycles. The second-order valence-electron chi connectivity index (χ2n) is 5.20. The van der Waals surface area contributed by atoms with Gasteiger partial charge in [-0.2, -0.15) is 0 Å². The summed E-state index contributed by atoms with van der Waals surface area (Å²) in [5.74, 6) is -0.123. The highest BCUT2D eigenvalue weighted by Crippen LogP contribution is 2.26. The summed E-state index contributed by atoms with van der Waals surface area (Å²) < 4.78 is 13.5. The number of hydrogen-bond acceptors (Lipinski definition) is 2. The Bertz CT molecular complexity index is 399. The van der Waals surface area contributed by atoms with Crippen LogP contribution in [0.2, 0.25) is 0 Å². The molecule has 92 valence electrons. The maximum atomic E-state index is 13.5. The third-order valence-corrected chi connectivity index (χ3v) is 3.92. The molecular weight excluding hydrogens is 215 g/mol. The van der Waals surface area contributed by atoms with Gasteiger partial charge in [0.25, 0.3) is 0 Å². The molecular formula is C14H19FN2. The van der Waals surface area contributed by atoms with Crippen LogP contribution < -0.4 is 10.6 Å². The zero-order valence-corrected chi connectivity index (χ0v) is 10.0. The summed E-state index contributed by atoms with van der Waals surface area (Å²) in [5.41, 5.74) is 1.81. The number of halogens is 1. The van der Waals surface area contributed by atoms with E-state index in [1.165, 1.54) is 31.7 Å². The fraction of sp³-hybridized carbons (Fsp3) is 0.571. The van der Waals surface area contributed by atoms with E-state index >= 15 is 0 Å². The second kappa shape index (κ2) is 4.65. The first-order valence-corrected chi connectivity index (χ1v) is 6.60. The van der Waals surface area contributed by atoms with Gasteiger partial charge in [0.15, 0.2) is 0 Å². The largest absolute Gasteiger partial charge is 0.381 e. The highest BCUT2D eigenvalue weighted by molar-refractivity contribution is 5.54. The second-order valence-corrected chi connectivity index (χ2v) is 5.20. The minimum atomic E-state index is -0.123. The van der Waals surface area contributed by atoms with E-state index in [4.69, 9.17) is 0 Å². The van der Waals surface area contributed by atoms with E-state index in [9.17, 15) is 4.39 Å². The van der Waals surface area contributed by atoms with Gasteiger partial charge in [-0.05, 0) is 30.9 Å². The van der Waals surface area contributed by atoms with Crippen LogP contribution in [-0.4, -0.2) is 18.6 Å². The van der Waals surface area contributed by atoms with Gasteiger partial charge in [-0.25, -0.2) is 4.39 Å². The molecule has 3 heteroatoms. The van der Waals surface area contributed by atoms with E-state index in [1.807, 2.05) is 6.07 Å². The van der Waals surface area contributed by atoms with Crippen LogP contribution in [-0.2, 0) is 6.42 Å². The Morgan fingerprint density at radius 2 is 2.00 bits per heavy atom. The summed E-state index contributed by atoms with van der Waals surface area (Å²) >= 11 is 0. The van der Waals surface area contributed by atoms with Crippen molar-refractivity contribution >= 4 is 5.69 Å². The third-order valence-electron chi connectivity index (χ3n) is 3.92. The Hall–Kier alpha value is -1.09. The first-order valence-electron chi connectivity index (χ1n) is 6.60. The quantitative estimate of drug-likeness (QED) is 0.822. The number of benzene rings is 1. The molecule has 1 heterocycles. The summed E-state index contributed by atoms with van der Waals surface area (Å²) in [6.07, 6.45) is 6.24. The van der Waals surface area contributed by atoms with Crippen molar-refractivity contribution < 1.29 is 4.39 Å². The lowest BCUT2D eigenvalue weighted by Gasteiger charge is -2.29. The molecule has 2 nitrogen and oxygen atoms in total. The van der Waals surface area contributed by atoms with E-state index in [-0.39, 0.29) is 5.82 Å². The summed E-state index contributed by atoms with van der Waals surface area (Å²) in [6, 6.07) is 6.47. The molecule has 1 aliphatic carbocycles. The van der Waals surface area contributed by atoms with Crippen LogP contribution in [0.1, 0.15) is 31.2 Å². The van der Waals surface area contributed by atoms with Gasteiger partial charge in [0.1, 0.15) is 5.82 Å². The van der Waals surface area contributed by atoms with E-state index < -0.39 is 0 Å². The average Bonchev–Trinajstić information content (AvgIpc) is 2.82. The molecule has 2 aliphatic rings. The van der Waals surface area contributed by atoms with Gasteiger partial charge in [-0.1, -0.05) is 25.0 Å². The molecule has 0 radical (unpaired) electrons. The molecule has 1 aliphatic heterocycles. The van der Waals surface area contributed by atoms with Crippen molar-refractivity contribution in [2.24, 2.45) is 0 Å². The van der Waals surface area contributed by atoms with Gasteiger partial charge in [0.2, 0.25) is 0 Å². The Labute approximate surface area is 102 Å². The Morgan fingerprint density at radius 3 is 2.82 bits per heavy atom. The van der Waals surface area contributed by atoms with Gasteiger partial charge in [0.05, 0.1) is 5.69 Å². The number of rotatable bonds is 2. The molecule has 0 spiro atoms. The number of anilines is 1. The molecule has 0 saturated heterocycles. The van der Waals surface area contributed by atoms with Crippen LogP contribution in [0.25, 0.3) is 0 Å². The van der Waals surface area contributed by atoms with E-state index in [0.717, 1.165) is 18.5 Å². The van der Waals surface area contributed by atoms with Crippen molar-refractivity contribution in [3.8, 4) is 0 Å². The predicted molar refractivity (Wildman–Crippen MR) is 67.8 cm³/mol. The molecule has 1 aromatic rings. The Morgan fingerprint density at radius 1 is 1.18 bits per heavy atom. The summed E-state index contributed by atoms with van der Waals surface area (Å²) in [6.45, 7) is 0.838. The standard InChI is InChI=1S/C14H19FN2/c15-13-7-3-4-10-8-12(9-16-14(10)13)17-11-5-1-2-6-11/h3-4,7,11-12,16-17H,1-2,5-6,8-9H2.